The molecule has 70 heavy (non-hydrogen) atoms. The van der Waals surface area contributed by atoms with E-state index in [1.807, 2.05) is 74.5 Å². The van der Waals surface area contributed by atoms with E-state index in [0.29, 0.717) is 25.2 Å². The number of aryl methyl sites for hydroxylation is 2. The number of fused-ring (bicyclic) bond motifs is 2. The second kappa shape index (κ2) is 23.2. The monoisotopic (exact) mass is 950 g/mol. The van der Waals surface area contributed by atoms with Crippen molar-refractivity contribution in [3.63, 3.8) is 0 Å². The van der Waals surface area contributed by atoms with Gasteiger partial charge in [-0.15, -0.1) is 0 Å². The van der Waals surface area contributed by atoms with Crippen molar-refractivity contribution >= 4 is 45.9 Å². The summed E-state index contributed by atoms with van der Waals surface area (Å²) in [5.41, 5.74) is 6.95. The molecule has 2 aliphatic heterocycles. The summed E-state index contributed by atoms with van der Waals surface area (Å²) >= 11 is 0. The molecule has 366 valence electrons. The first-order valence-electron chi connectivity index (χ1n) is 23.7. The number of anilines is 2. The van der Waals surface area contributed by atoms with Gasteiger partial charge in [0.25, 0.3) is 0 Å². The zero-order chi connectivity index (χ0) is 49.0. The highest BCUT2D eigenvalue weighted by Crippen LogP contribution is 2.27. The number of aliphatic carboxylic acids is 2. The lowest BCUT2D eigenvalue weighted by Gasteiger charge is -2.18. The van der Waals surface area contributed by atoms with Gasteiger partial charge in [0, 0.05) is 51.4 Å². The summed E-state index contributed by atoms with van der Waals surface area (Å²) in [6, 6.07) is 42.3. The molecule has 2 atom stereocenters. The third-order valence-corrected chi connectivity index (χ3v) is 12.7. The molecule has 10 rings (SSSR count). The molecule has 16 heteroatoms. The predicted molar refractivity (Wildman–Crippen MR) is 270 cm³/mol. The molecule has 4 aromatic heterocycles. The topological polar surface area (TPSA) is 186 Å². The zero-order valence-electron chi connectivity index (χ0n) is 40.2. The van der Waals surface area contributed by atoms with E-state index in [0.717, 1.165) is 133 Å². The number of ether oxygens (including phenoxy) is 2. The summed E-state index contributed by atoms with van der Waals surface area (Å²) < 4.78 is 26.7. The van der Waals surface area contributed by atoms with Crippen LogP contribution in [0.4, 0.5) is 11.9 Å². The largest absolute Gasteiger partial charge is 0.497 e. The first-order chi connectivity index (χ1) is 34.0. The van der Waals surface area contributed by atoms with Gasteiger partial charge in [0.15, 0.2) is 0 Å². The van der Waals surface area contributed by atoms with Crippen molar-refractivity contribution in [1.29, 1.82) is 0 Å². The number of aromatic nitrogens is 4. The molecule has 0 spiro atoms. The second-order valence-electron chi connectivity index (χ2n) is 17.7. The second-order valence-corrected chi connectivity index (χ2v) is 17.7. The van der Waals surface area contributed by atoms with Crippen LogP contribution in [-0.2, 0) is 35.5 Å². The number of nitrogens with one attached hydrogen (secondary N) is 2. The standard InChI is InChI=1S/2C26H30N4O2.C2H2O4/c2*1-19-7-10-23(32-19)18-30-25-6-4-3-5-24(25)28-26(30)27-21-14-16-29(17-21)15-13-20-8-11-22(31-2)12-9-20;3-1(4)2(5)6/h2*3-12,21H,13-18H2,1-2H3,(H,27,28);(H,3,4)(H,5,6). The Kier molecular flexibility index (Phi) is 16.2. The minimum atomic E-state index is -1.82. The Morgan fingerprint density at radius 2 is 0.986 bits per heavy atom. The maximum atomic E-state index is 9.10. The van der Waals surface area contributed by atoms with E-state index in [4.69, 9.17) is 48.1 Å². The lowest BCUT2D eigenvalue weighted by molar-refractivity contribution is -0.159. The van der Waals surface area contributed by atoms with Gasteiger partial charge < -0.3 is 58.1 Å². The van der Waals surface area contributed by atoms with Gasteiger partial charge in [0.05, 0.1) is 49.4 Å². The number of hydrogen-bond acceptors (Lipinski definition) is 12. The SMILES string of the molecule is COc1ccc(CCN2CCC(Nc3nc4ccccc4n3Cc3ccc(C)o3)C2)cc1.COc1ccc(CCN2CCC(Nc3nc4ccccc4n3Cc3ccc(C)o3)C2)cc1.O=C(O)C(=O)O. The molecular weight excluding hydrogens is 889 g/mol. The number of furan rings is 2. The van der Waals surface area contributed by atoms with Crippen LogP contribution in [0, 0.1) is 13.8 Å². The van der Waals surface area contributed by atoms with Crippen LogP contribution < -0.4 is 20.1 Å². The summed E-state index contributed by atoms with van der Waals surface area (Å²) in [6.07, 6.45) is 4.33. The van der Waals surface area contributed by atoms with Gasteiger partial charge in [-0.1, -0.05) is 48.5 Å². The minimum Gasteiger partial charge on any atom is -0.497 e. The third kappa shape index (κ3) is 12.9. The molecular formula is C54H62N8O8. The number of carbonyl (C=O) groups is 2. The molecule has 0 saturated carbocycles. The smallest absolute Gasteiger partial charge is 0.414 e. The molecule has 0 aliphatic carbocycles. The normalized spacial score (nSPS) is 15.8. The van der Waals surface area contributed by atoms with Crippen molar-refractivity contribution in [3.05, 3.63) is 155 Å². The number of likely N-dealkylation sites (tertiary alicyclic amines) is 2. The number of nitrogens with zero attached hydrogens (tertiary/aromatic N) is 6. The lowest BCUT2D eigenvalue weighted by atomic mass is 10.1. The molecule has 0 radical (unpaired) electrons. The van der Waals surface area contributed by atoms with Crippen LogP contribution in [-0.4, -0.2) is 117 Å². The van der Waals surface area contributed by atoms with Gasteiger partial charge in [-0.2, -0.15) is 0 Å². The molecule has 2 fully saturated rings. The minimum absolute atomic E-state index is 0.389. The average Bonchev–Trinajstić information content (AvgIpc) is 4.26. The summed E-state index contributed by atoms with van der Waals surface area (Å²) in [5, 5.41) is 22.2. The summed E-state index contributed by atoms with van der Waals surface area (Å²) in [5.74, 6) is 3.76. The number of carboxylic acid groups (broad SMARTS) is 2. The number of methoxy groups -OCH3 is 2. The lowest BCUT2D eigenvalue weighted by Crippen LogP contribution is -2.28. The molecule has 0 amide bonds. The fourth-order valence-electron chi connectivity index (χ4n) is 8.97. The molecule has 8 aromatic rings. The Bertz CT molecular complexity index is 2760. The highest BCUT2D eigenvalue weighted by Gasteiger charge is 2.26. The van der Waals surface area contributed by atoms with Crippen LogP contribution >= 0.6 is 0 Å². The van der Waals surface area contributed by atoms with Crippen LogP contribution in [0.25, 0.3) is 22.1 Å². The number of carboxylic acids is 2. The Morgan fingerprint density at radius 1 is 0.586 bits per heavy atom. The summed E-state index contributed by atoms with van der Waals surface area (Å²) in [7, 11) is 3.41. The maximum Gasteiger partial charge on any atom is 0.414 e. The molecule has 0 bridgehead atoms. The van der Waals surface area contributed by atoms with E-state index in [-0.39, 0.29) is 0 Å². The highest BCUT2D eigenvalue weighted by atomic mass is 16.5. The number of imidazole rings is 2. The number of para-hydroxylation sites is 4. The van der Waals surface area contributed by atoms with E-state index in [1.165, 1.54) is 11.1 Å². The molecule has 2 unspecified atom stereocenters. The van der Waals surface area contributed by atoms with Crippen LogP contribution in [0.1, 0.15) is 47.0 Å². The van der Waals surface area contributed by atoms with Crippen LogP contribution in [0.5, 0.6) is 11.5 Å². The Morgan fingerprint density at radius 3 is 1.34 bits per heavy atom. The van der Waals surface area contributed by atoms with E-state index in [1.54, 1.807) is 14.2 Å². The van der Waals surface area contributed by atoms with Crippen molar-refractivity contribution in [2.24, 2.45) is 0 Å². The molecule has 2 saturated heterocycles. The van der Waals surface area contributed by atoms with Crippen molar-refractivity contribution < 1.29 is 38.1 Å². The van der Waals surface area contributed by atoms with Crippen molar-refractivity contribution in [1.82, 2.24) is 28.9 Å². The molecule has 2 aliphatic rings. The molecule has 16 nitrogen and oxygen atoms in total. The van der Waals surface area contributed by atoms with Crippen molar-refractivity contribution in [2.45, 2.75) is 64.7 Å². The van der Waals surface area contributed by atoms with E-state index < -0.39 is 11.9 Å². The summed E-state index contributed by atoms with van der Waals surface area (Å²) in [4.78, 5) is 33.1. The quantitative estimate of drug-likeness (QED) is 0.0675. The van der Waals surface area contributed by atoms with Crippen molar-refractivity contribution in [2.75, 3.05) is 64.1 Å². The van der Waals surface area contributed by atoms with Crippen LogP contribution in [0.2, 0.25) is 0 Å². The Hall–Kier alpha value is -7.56. The molecule has 4 aromatic carbocycles. The van der Waals surface area contributed by atoms with Gasteiger partial charge >= 0.3 is 11.9 Å². The maximum absolute atomic E-state index is 9.10. The average molecular weight is 951 g/mol. The Balaban J connectivity index is 0.000000169. The van der Waals surface area contributed by atoms with Gasteiger partial charge in [0.1, 0.15) is 34.5 Å². The first kappa shape index (κ1) is 48.9. The van der Waals surface area contributed by atoms with Gasteiger partial charge in [-0.05, 0) is 123 Å². The molecule has 6 heterocycles. The first-order valence-corrected chi connectivity index (χ1v) is 23.7. The molecule has 4 N–H and O–H groups in total. The predicted octanol–water partition coefficient (Wildman–Crippen LogP) is 8.60. The number of benzene rings is 4. The van der Waals surface area contributed by atoms with Crippen molar-refractivity contribution in [3.8, 4) is 11.5 Å². The van der Waals surface area contributed by atoms with Crippen LogP contribution in [0.3, 0.4) is 0 Å². The number of rotatable bonds is 16. The number of hydrogen-bond donors (Lipinski definition) is 4. The van der Waals surface area contributed by atoms with E-state index in [2.05, 4.69) is 90.2 Å². The third-order valence-electron chi connectivity index (χ3n) is 12.7. The fourth-order valence-corrected chi connectivity index (χ4v) is 8.97. The highest BCUT2D eigenvalue weighted by molar-refractivity contribution is 6.27. The van der Waals surface area contributed by atoms with Gasteiger partial charge in [-0.3, -0.25) is 0 Å². The summed E-state index contributed by atoms with van der Waals surface area (Å²) in [6.45, 7) is 11.7. The zero-order valence-corrected chi connectivity index (χ0v) is 40.2. The fraction of sp³-hybridized carbons (Fsp3) is 0.333. The van der Waals surface area contributed by atoms with E-state index in [9.17, 15) is 0 Å². The van der Waals surface area contributed by atoms with Crippen LogP contribution in [0.15, 0.2) is 130 Å². The van der Waals surface area contributed by atoms with Gasteiger partial charge in [0.2, 0.25) is 11.9 Å². The van der Waals surface area contributed by atoms with Gasteiger partial charge in [-0.25, -0.2) is 19.6 Å². The van der Waals surface area contributed by atoms with E-state index >= 15 is 0 Å². The Labute approximate surface area is 407 Å².